The summed E-state index contributed by atoms with van der Waals surface area (Å²) in [5.74, 6) is 1.73. The van der Waals surface area contributed by atoms with E-state index < -0.39 is 0 Å². The van der Waals surface area contributed by atoms with Crippen LogP contribution < -0.4 is 10.1 Å². The molecule has 0 unspecified atom stereocenters. The van der Waals surface area contributed by atoms with Crippen LogP contribution in [0.15, 0.2) is 52.9 Å². The summed E-state index contributed by atoms with van der Waals surface area (Å²) in [7, 11) is 1.65. The van der Waals surface area contributed by atoms with Crippen molar-refractivity contribution in [3.8, 4) is 17.2 Å². The van der Waals surface area contributed by atoms with Crippen molar-refractivity contribution < 1.29 is 13.9 Å². The van der Waals surface area contributed by atoms with Gasteiger partial charge in [-0.3, -0.25) is 4.79 Å². The molecule has 0 radical (unpaired) electrons. The van der Waals surface area contributed by atoms with Crippen molar-refractivity contribution in [3.05, 3.63) is 65.5 Å². The highest BCUT2D eigenvalue weighted by atomic mass is 16.5. The van der Waals surface area contributed by atoms with Gasteiger partial charge in [0.1, 0.15) is 5.75 Å². The van der Waals surface area contributed by atoms with Gasteiger partial charge in [-0.15, -0.1) is 10.2 Å². The van der Waals surface area contributed by atoms with Gasteiger partial charge in [0, 0.05) is 24.9 Å². The van der Waals surface area contributed by atoms with Gasteiger partial charge in [0.15, 0.2) is 0 Å². The van der Waals surface area contributed by atoms with Crippen LogP contribution in [0.5, 0.6) is 5.75 Å². The minimum Gasteiger partial charge on any atom is -0.496 e. The third-order valence-corrected chi connectivity index (χ3v) is 4.21. The molecule has 140 valence electrons. The maximum Gasteiger partial charge on any atom is 0.247 e. The third kappa shape index (κ3) is 5.17. The molecule has 1 aromatic heterocycles. The SMILES string of the molecule is COc1ccccc1CCNC(=O)CCc1nnc(-c2cccc(C)c2)o1. The third-order valence-electron chi connectivity index (χ3n) is 4.21. The summed E-state index contributed by atoms with van der Waals surface area (Å²) >= 11 is 0. The van der Waals surface area contributed by atoms with Gasteiger partial charge >= 0.3 is 0 Å². The molecule has 0 aliphatic carbocycles. The van der Waals surface area contributed by atoms with Crippen molar-refractivity contribution in [1.29, 1.82) is 0 Å². The van der Waals surface area contributed by atoms with Crippen molar-refractivity contribution >= 4 is 5.91 Å². The molecule has 0 spiro atoms. The smallest absolute Gasteiger partial charge is 0.247 e. The molecule has 0 fully saturated rings. The van der Waals surface area contributed by atoms with Crippen LogP contribution in [0.25, 0.3) is 11.5 Å². The van der Waals surface area contributed by atoms with Crippen molar-refractivity contribution in [3.63, 3.8) is 0 Å². The average molecular weight is 365 g/mol. The fourth-order valence-corrected chi connectivity index (χ4v) is 2.80. The summed E-state index contributed by atoms with van der Waals surface area (Å²) < 4.78 is 11.0. The molecule has 1 heterocycles. The largest absolute Gasteiger partial charge is 0.496 e. The van der Waals surface area contributed by atoms with Crippen LogP contribution in [0.4, 0.5) is 0 Å². The van der Waals surface area contributed by atoms with E-state index in [2.05, 4.69) is 15.5 Å². The van der Waals surface area contributed by atoms with Gasteiger partial charge in [-0.1, -0.05) is 35.9 Å². The minimum atomic E-state index is -0.0415. The molecular formula is C21H23N3O3. The van der Waals surface area contributed by atoms with Crippen molar-refractivity contribution in [2.24, 2.45) is 0 Å². The topological polar surface area (TPSA) is 77.2 Å². The van der Waals surface area contributed by atoms with Gasteiger partial charge in [-0.2, -0.15) is 0 Å². The Kier molecular flexibility index (Phi) is 6.20. The molecule has 0 saturated carbocycles. The van der Waals surface area contributed by atoms with E-state index in [1.165, 1.54) is 0 Å². The highest BCUT2D eigenvalue weighted by Crippen LogP contribution is 2.19. The van der Waals surface area contributed by atoms with Gasteiger partial charge < -0.3 is 14.5 Å². The number of carbonyl (C=O) groups excluding carboxylic acids is 1. The molecule has 3 rings (SSSR count). The van der Waals surface area contributed by atoms with Gasteiger partial charge in [-0.25, -0.2) is 0 Å². The zero-order valence-corrected chi connectivity index (χ0v) is 15.6. The number of benzene rings is 2. The molecule has 3 aromatic rings. The van der Waals surface area contributed by atoms with E-state index >= 15 is 0 Å². The first-order valence-corrected chi connectivity index (χ1v) is 8.93. The second-order valence-electron chi connectivity index (χ2n) is 6.28. The van der Waals surface area contributed by atoms with Crippen LogP contribution in [0.1, 0.15) is 23.4 Å². The van der Waals surface area contributed by atoms with E-state index in [1.54, 1.807) is 7.11 Å². The number of para-hydroxylation sites is 1. The Hall–Kier alpha value is -3.15. The lowest BCUT2D eigenvalue weighted by atomic mass is 10.1. The highest BCUT2D eigenvalue weighted by Gasteiger charge is 2.11. The Balaban J connectivity index is 1.46. The second kappa shape index (κ2) is 8.98. The number of hydrogen-bond acceptors (Lipinski definition) is 5. The first-order chi connectivity index (χ1) is 13.2. The van der Waals surface area contributed by atoms with Crippen LogP contribution in [0.2, 0.25) is 0 Å². The Morgan fingerprint density at radius 1 is 1.11 bits per heavy atom. The molecule has 2 aromatic carbocycles. The Labute approximate surface area is 158 Å². The number of hydrogen-bond donors (Lipinski definition) is 1. The fourth-order valence-electron chi connectivity index (χ4n) is 2.80. The van der Waals surface area contributed by atoms with E-state index in [9.17, 15) is 4.79 Å². The number of amides is 1. The first kappa shape index (κ1) is 18.6. The van der Waals surface area contributed by atoms with Crippen LogP contribution >= 0.6 is 0 Å². The summed E-state index contributed by atoms with van der Waals surface area (Å²) in [5, 5.41) is 11.0. The van der Waals surface area contributed by atoms with Crippen LogP contribution in [0, 0.1) is 6.92 Å². The van der Waals surface area contributed by atoms with Gasteiger partial charge in [0.05, 0.1) is 7.11 Å². The Bertz CT molecular complexity index is 905. The normalized spacial score (nSPS) is 10.6. The number of rotatable bonds is 8. The Morgan fingerprint density at radius 3 is 2.78 bits per heavy atom. The monoisotopic (exact) mass is 365 g/mol. The van der Waals surface area contributed by atoms with Gasteiger partial charge in [0.2, 0.25) is 17.7 Å². The molecule has 0 saturated heterocycles. The maximum atomic E-state index is 12.1. The standard InChI is InChI=1S/C21H23N3O3/c1-15-6-5-8-17(14-15)21-24-23-20(27-21)11-10-19(25)22-13-12-16-7-3-4-9-18(16)26-2/h3-9,14H,10-13H2,1-2H3,(H,22,25). The van der Waals surface area contributed by atoms with Crippen molar-refractivity contribution in [1.82, 2.24) is 15.5 Å². The van der Waals surface area contributed by atoms with Crippen molar-refractivity contribution in [2.75, 3.05) is 13.7 Å². The van der Waals surface area contributed by atoms with E-state index in [1.807, 2.05) is 55.5 Å². The molecule has 0 bridgehead atoms. The number of nitrogens with one attached hydrogen (secondary N) is 1. The van der Waals surface area contributed by atoms with E-state index in [-0.39, 0.29) is 5.91 Å². The van der Waals surface area contributed by atoms with Crippen molar-refractivity contribution in [2.45, 2.75) is 26.2 Å². The first-order valence-electron chi connectivity index (χ1n) is 8.93. The quantitative estimate of drug-likeness (QED) is 0.662. The van der Waals surface area contributed by atoms with E-state index in [4.69, 9.17) is 9.15 Å². The molecule has 0 atom stereocenters. The number of aromatic nitrogens is 2. The summed E-state index contributed by atoms with van der Waals surface area (Å²) in [5.41, 5.74) is 3.08. The summed E-state index contributed by atoms with van der Waals surface area (Å²) in [6.07, 6.45) is 1.44. The zero-order chi connectivity index (χ0) is 19.1. The molecule has 0 aliphatic rings. The highest BCUT2D eigenvalue weighted by molar-refractivity contribution is 5.76. The fraction of sp³-hybridized carbons (Fsp3) is 0.286. The Morgan fingerprint density at radius 2 is 1.96 bits per heavy atom. The lowest BCUT2D eigenvalue weighted by molar-refractivity contribution is -0.121. The molecule has 0 aliphatic heterocycles. The average Bonchev–Trinajstić information content (AvgIpc) is 3.16. The summed E-state index contributed by atoms with van der Waals surface area (Å²) in [4.78, 5) is 12.1. The predicted molar refractivity (Wildman–Crippen MR) is 102 cm³/mol. The number of aryl methyl sites for hydroxylation is 2. The van der Waals surface area contributed by atoms with Gasteiger partial charge in [0.25, 0.3) is 0 Å². The molecule has 6 heteroatoms. The van der Waals surface area contributed by atoms with E-state index in [0.29, 0.717) is 37.6 Å². The zero-order valence-electron chi connectivity index (χ0n) is 15.6. The molecule has 6 nitrogen and oxygen atoms in total. The number of carbonyl (C=O) groups is 1. The lowest BCUT2D eigenvalue weighted by Gasteiger charge is -2.08. The minimum absolute atomic E-state index is 0.0415. The molecular weight excluding hydrogens is 342 g/mol. The molecule has 1 N–H and O–H groups in total. The van der Waals surface area contributed by atoms with Gasteiger partial charge in [-0.05, 0) is 37.1 Å². The van der Waals surface area contributed by atoms with Crippen LogP contribution in [-0.2, 0) is 17.6 Å². The lowest BCUT2D eigenvalue weighted by Crippen LogP contribution is -2.26. The summed E-state index contributed by atoms with van der Waals surface area (Å²) in [6, 6.07) is 15.7. The van der Waals surface area contributed by atoms with Crippen LogP contribution in [-0.4, -0.2) is 29.8 Å². The summed E-state index contributed by atoms with van der Waals surface area (Å²) in [6.45, 7) is 2.56. The number of ether oxygens (including phenoxy) is 1. The number of nitrogens with zero attached hydrogens (tertiary/aromatic N) is 2. The molecule has 1 amide bonds. The number of methoxy groups -OCH3 is 1. The maximum absolute atomic E-state index is 12.1. The molecule has 27 heavy (non-hydrogen) atoms. The van der Waals surface area contributed by atoms with E-state index in [0.717, 1.165) is 22.4 Å². The second-order valence-corrected chi connectivity index (χ2v) is 6.28. The predicted octanol–water partition coefficient (Wildman–Crippen LogP) is 3.35. The van der Waals surface area contributed by atoms with Crippen LogP contribution in [0.3, 0.4) is 0 Å².